The Kier molecular flexibility index (Phi) is 21.5. The molecule has 10 rings (SSSR count). The molecule has 0 saturated heterocycles. The summed E-state index contributed by atoms with van der Waals surface area (Å²) in [7, 11) is 11.0. The number of halogens is 2. The van der Waals surface area contributed by atoms with Gasteiger partial charge in [-0.05, 0) is 91.9 Å². The van der Waals surface area contributed by atoms with E-state index in [1.165, 1.54) is 111 Å². The fraction of sp³-hybridized carbons (Fsp3) is 0.289. The Balaban J connectivity index is 0.000000211. The van der Waals surface area contributed by atoms with Crippen LogP contribution in [0.25, 0.3) is 66.1 Å². The Bertz CT molecular complexity index is 3070. The van der Waals surface area contributed by atoms with Gasteiger partial charge in [-0.3, -0.25) is 0 Å². The second-order valence-electron chi connectivity index (χ2n) is 25.6. The summed E-state index contributed by atoms with van der Waals surface area (Å²) in [5, 5.41) is 5.40. The molecule has 0 amide bonds. The van der Waals surface area contributed by atoms with Gasteiger partial charge in [-0.2, -0.15) is 12.1 Å². The van der Waals surface area contributed by atoms with E-state index in [4.69, 9.17) is 17.0 Å². The zero-order valence-electron chi connectivity index (χ0n) is 50.2. The van der Waals surface area contributed by atoms with Gasteiger partial charge in [-0.15, -0.1) is 44.8 Å². The Labute approximate surface area is 503 Å². The Morgan fingerprint density at radius 2 is 0.575 bits per heavy atom. The molecule has 0 aliphatic rings. The summed E-state index contributed by atoms with van der Waals surface area (Å²) < 4.78 is 0. The second-order valence-corrected chi connectivity index (χ2v) is 30.3. The van der Waals surface area contributed by atoms with Crippen molar-refractivity contribution < 1.29 is 20.8 Å². The first kappa shape index (κ1) is 62.3. The van der Waals surface area contributed by atoms with Crippen LogP contribution in [0.2, 0.25) is 13.1 Å². The van der Waals surface area contributed by atoms with Gasteiger partial charge in [-0.25, -0.2) is 0 Å². The number of aryl methyl sites for hydroxylation is 4. The molecule has 0 unspecified atom stereocenters. The summed E-state index contributed by atoms with van der Waals surface area (Å²) in [6.45, 7) is 31.6. The molecule has 0 nitrogen and oxygen atoms in total. The van der Waals surface area contributed by atoms with Gasteiger partial charge in [0.05, 0.1) is 0 Å². The number of benzene rings is 8. The van der Waals surface area contributed by atoms with Gasteiger partial charge >= 0.3 is 37.9 Å². The van der Waals surface area contributed by atoms with Crippen LogP contribution < -0.4 is 0 Å². The van der Waals surface area contributed by atoms with Gasteiger partial charge in [0.2, 0.25) is 0 Å². The van der Waals surface area contributed by atoms with E-state index < -0.39 is 20.8 Å². The molecule has 10 aromatic carbocycles. The topological polar surface area (TPSA) is 0 Å². The van der Waals surface area contributed by atoms with Gasteiger partial charge in [-0.1, -0.05) is 312 Å². The summed E-state index contributed by atoms with van der Waals surface area (Å²) in [5.74, 6) is 0. The van der Waals surface area contributed by atoms with Crippen LogP contribution in [0.3, 0.4) is 0 Å². The number of rotatable bonds is 10. The van der Waals surface area contributed by atoms with E-state index in [1.807, 2.05) is 0 Å². The maximum atomic E-state index is 4.93. The van der Waals surface area contributed by atoms with E-state index in [2.05, 4.69) is 302 Å². The van der Waals surface area contributed by atoms with Crippen molar-refractivity contribution in [1.29, 1.82) is 0 Å². The minimum absolute atomic E-state index is 0.155. The molecule has 0 spiro atoms. The molecular weight excluding hydrogens is 1100 g/mol. The molecule has 4 heteroatoms. The van der Waals surface area contributed by atoms with Crippen LogP contribution in [0.15, 0.2) is 206 Å². The molecule has 0 saturated carbocycles. The molecule has 410 valence electrons. The summed E-state index contributed by atoms with van der Waals surface area (Å²) >= 11 is -0.826. The van der Waals surface area contributed by atoms with E-state index in [9.17, 15) is 0 Å². The van der Waals surface area contributed by atoms with Gasteiger partial charge < -0.3 is 0 Å². The van der Waals surface area contributed by atoms with E-state index in [1.54, 1.807) is 0 Å². The first-order chi connectivity index (χ1) is 38.0. The van der Waals surface area contributed by atoms with Crippen LogP contribution in [-0.2, 0) is 68.2 Å². The molecule has 0 bridgehead atoms. The van der Waals surface area contributed by atoms with Crippen LogP contribution >= 0.6 is 17.0 Å². The average Bonchev–Trinajstić information content (AvgIpc) is 4.24. The number of hydrogen-bond acceptors (Lipinski definition) is 0. The maximum absolute atomic E-state index is 4.93. The Morgan fingerprint density at radius 3 is 0.825 bits per heavy atom. The Morgan fingerprint density at radius 1 is 0.338 bits per heavy atom. The third kappa shape index (κ3) is 16.4. The summed E-state index contributed by atoms with van der Waals surface area (Å²) in [4.78, 5) is 0. The molecule has 80 heavy (non-hydrogen) atoms. The van der Waals surface area contributed by atoms with E-state index in [-0.39, 0.29) is 21.7 Å². The molecule has 0 aliphatic heterocycles. The molecule has 0 aliphatic carbocycles. The van der Waals surface area contributed by atoms with Gasteiger partial charge in [0.25, 0.3) is 0 Å². The molecule has 0 N–H and O–H groups in total. The van der Waals surface area contributed by atoms with Crippen molar-refractivity contribution in [3.05, 3.63) is 251 Å². The van der Waals surface area contributed by atoms with Crippen molar-refractivity contribution in [2.75, 3.05) is 0 Å². The fourth-order valence-corrected chi connectivity index (χ4v) is 10.5. The van der Waals surface area contributed by atoms with Crippen molar-refractivity contribution in [2.24, 2.45) is 0 Å². The van der Waals surface area contributed by atoms with E-state index >= 15 is 0 Å². The van der Waals surface area contributed by atoms with Crippen molar-refractivity contribution in [3.8, 4) is 44.5 Å². The van der Waals surface area contributed by atoms with Gasteiger partial charge in [0.1, 0.15) is 0 Å². The first-order valence-corrected chi connectivity index (χ1v) is 36.9. The molecule has 0 fully saturated rings. The molecule has 0 aromatic heterocycles. The Hall–Kier alpha value is -5.34. The number of fused-ring (bicyclic) bond motifs is 2. The third-order valence-corrected chi connectivity index (χ3v) is 15.2. The van der Waals surface area contributed by atoms with E-state index in [0.717, 1.165) is 35.2 Å². The standard InChI is InChI=1S/2C37H39.C2H6Si.2ClH.Zr/c2*1-36(2,3)30-18-14-28(15-19-30)32-22-23-33(29-16-20-31(21-17-29)37(4,5)6)35-25-27(24-34(32)35)13-12-26-10-8-7-9-11-26;1-3-2;;;/h2*7-11,14-25H,12-13H2,1-6H3;1-2H3;2*1H;/q2*-1;;;;+4/p-2. The molecule has 10 aromatic rings. The zero-order valence-corrected chi connectivity index (χ0v) is 55.2. The van der Waals surface area contributed by atoms with Crippen molar-refractivity contribution in [1.82, 2.24) is 0 Å². The normalized spacial score (nSPS) is 11.7. The van der Waals surface area contributed by atoms with Crippen LogP contribution in [0, 0.1) is 0 Å². The summed E-state index contributed by atoms with van der Waals surface area (Å²) in [6, 6.07) is 77.3. The minimum atomic E-state index is -0.826. The molecule has 2 radical (unpaired) electrons. The van der Waals surface area contributed by atoms with Crippen molar-refractivity contribution in [2.45, 2.75) is 144 Å². The van der Waals surface area contributed by atoms with Crippen molar-refractivity contribution >= 4 is 48.1 Å². The summed E-state index contributed by atoms with van der Waals surface area (Å²) in [6.07, 6.45) is 4.21. The van der Waals surface area contributed by atoms with Gasteiger partial charge in [0.15, 0.2) is 0 Å². The first-order valence-electron chi connectivity index (χ1n) is 28.5. The second kappa shape index (κ2) is 27.6. The quantitative estimate of drug-likeness (QED) is 0.0946. The molecular formula is C76H84Cl2SiZr. The van der Waals surface area contributed by atoms with Crippen LogP contribution in [0.5, 0.6) is 0 Å². The van der Waals surface area contributed by atoms with Crippen LogP contribution in [0.4, 0.5) is 0 Å². The average molecular weight is 1190 g/mol. The monoisotopic (exact) mass is 1180 g/mol. The van der Waals surface area contributed by atoms with Crippen molar-refractivity contribution in [3.63, 3.8) is 0 Å². The predicted molar refractivity (Wildman–Crippen MR) is 353 cm³/mol. The zero-order chi connectivity index (χ0) is 57.8. The summed E-state index contributed by atoms with van der Waals surface area (Å²) in [5.41, 5.74) is 22.1. The van der Waals surface area contributed by atoms with E-state index in [0.29, 0.717) is 0 Å². The van der Waals surface area contributed by atoms with Gasteiger partial charge in [0, 0.05) is 9.52 Å². The van der Waals surface area contributed by atoms with Crippen LogP contribution in [0.1, 0.15) is 128 Å². The van der Waals surface area contributed by atoms with Crippen LogP contribution in [-0.4, -0.2) is 9.52 Å². The third-order valence-electron chi connectivity index (χ3n) is 15.2. The fourth-order valence-electron chi connectivity index (χ4n) is 10.5. The number of hydrogen-bond donors (Lipinski definition) is 0. The molecule has 0 heterocycles. The SMILES string of the molecule is CC(C)(C)c1ccc(-c2ccc(-c3ccc(C(C)(C)C)cc3)c3[cH-]c(CCc4ccccc4)cc23)cc1.CC(C)(C)c1ccc(-c2ccc(-c3ccc(C(C)(C)C)cc3)c3[cH-]c(CCc4ccccc4)cc23)cc1.C[Si]C.[Cl][Zr+2][Cl]. The predicted octanol–water partition coefficient (Wildman–Crippen LogP) is 22.7. The molecule has 0 atom stereocenters.